The first kappa shape index (κ1) is 13.3. The van der Waals surface area contributed by atoms with Crippen molar-refractivity contribution >= 4 is 17.5 Å². The molecule has 0 aromatic carbocycles. The number of aromatic nitrogens is 3. The molecule has 6 nitrogen and oxygen atoms in total. The third kappa shape index (κ3) is 3.43. The predicted octanol–water partition coefficient (Wildman–Crippen LogP) is 1.54. The van der Waals surface area contributed by atoms with Crippen molar-refractivity contribution in [3.8, 4) is 6.01 Å². The molecular weight excluding hydrogens is 256 g/mol. The predicted molar refractivity (Wildman–Crippen MR) is 68.3 cm³/mol. The summed E-state index contributed by atoms with van der Waals surface area (Å²) in [5.74, 6) is 0.508. The highest BCUT2D eigenvalue weighted by Crippen LogP contribution is 2.18. The molecule has 1 saturated heterocycles. The monoisotopic (exact) mass is 272 g/mol. The second-order valence-electron chi connectivity index (χ2n) is 4.14. The molecule has 7 heteroatoms. The van der Waals surface area contributed by atoms with E-state index in [1.54, 1.807) is 0 Å². The summed E-state index contributed by atoms with van der Waals surface area (Å²) < 4.78 is 10.8. The van der Waals surface area contributed by atoms with Gasteiger partial charge in [0.1, 0.15) is 0 Å². The molecule has 1 fully saturated rings. The number of hydrogen-bond donors (Lipinski definition) is 0. The lowest BCUT2D eigenvalue weighted by Gasteiger charge is -2.20. The van der Waals surface area contributed by atoms with Crippen LogP contribution in [0.5, 0.6) is 6.01 Å². The van der Waals surface area contributed by atoms with Crippen LogP contribution in [0, 0.1) is 0 Å². The second kappa shape index (κ2) is 6.15. The Labute approximate surface area is 111 Å². The lowest BCUT2D eigenvalue weighted by Crippen LogP contribution is -2.30. The van der Waals surface area contributed by atoms with Crippen LogP contribution in [-0.2, 0) is 4.74 Å². The van der Waals surface area contributed by atoms with Crippen LogP contribution in [-0.4, -0.2) is 47.9 Å². The first-order valence-corrected chi connectivity index (χ1v) is 6.44. The molecule has 100 valence electrons. The molecule has 0 saturated carbocycles. The minimum absolute atomic E-state index is 0.141. The Morgan fingerprint density at radius 3 is 2.94 bits per heavy atom. The van der Waals surface area contributed by atoms with Gasteiger partial charge in [-0.2, -0.15) is 15.0 Å². The third-order valence-corrected chi connectivity index (χ3v) is 2.86. The zero-order valence-corrected chi connectivity index (χ0v) is 11.4. The van der Waals surface area contributed by atoms with Gasteiger partial charge in [-0.05, 0) is 31.4 Å². The zero-order chi connectivity index (χ0) is 13.0. The topological polar surface area (TPSA) is 60.4 Å². The summed E-state index contributed by atoms with van der Waals surface area (Å²) in [6.07, 6.45) is 2.42. The van der Waals surface area contributed by atoms with E-state index in [2.05, 4.69) is 15.0 Å². The number of likely N-dealkylation sites (N-methyl/N-ethyl adjacent to an activating group) is 1. The Hall–Kier alpha value is -1.14. The Balaban J connectivity index is 2.05. The maximum absolute atomic E-state index is 5.85. The third-order valence-electron chi connectivity index (χ3n) is 2.69. The largest absolute Gasteiger partial charge is 0.464 e. The van der Waals surface area contributed by atoms with Crippen molar-refractivity contribution in [1.29, 1.82) is 0 Å². The Kier molecular flexibility index (Phi) is 4.54. The molecule has 2 heterocycles. The SMILES string of the molecule is CCOc1nc(Cl)nc(N(C)CC2CCCO2)n1. The molecule has 1 aromatic rings. The highest BCUT2D eigenvalue weighted by molar-refractivity contribution is 6.28. The van der Waals surface area contributed by atoms with Crippen LogP contribution in [0.4, 0.5) is 5.95 Å². The van der Waals surface area contributed by atoms with E-state index in [9.17, 15) is 0 Å². The molecule has 1 atom stereocenters. The highest BCUT2D eigenvalue weighted by atomic mass is 35.5. The summed E-state index contributed by atoms with van der Waals surface area (Å²) in [5, 5.41) is 0.141. The van der Waals surface area contributed by atoms with Gasteiger partial charge >= 0.3 is 6.01 Å². The van der Waals surface area contributed by atoms with Gasteiger partial charge in [-0.25, -0.2) is 0 Å². The number of hydrogen-bond acceptors (Lipinski definition) is 6. The molecule has 0 radical (unpaired) electrons. The summed E-state index contributed by atoms with van der Waals surface area (Å²) in [6.45, 7) is 3.94. The normalized spacial score (nSPS) is 18.9. The van der Waals surface area contributed by atoms with Crippen molar-refractivity contribution in [2.45, 2.75) is 25.9 Å². The lowest BCUT2D eigenvalue weighted by molar-refractivity contribution is 0.116. The van der Waals surface area contributed by atoms with Gasteiger partial charge in [0.15, 0.2) is 0 Å². The van der Waals surface area contributed by atoms with E-state index in [0.717, 1.165) is 26.0 Å². The Bertz CT molecular complexity index is 399. The molecule has 1 unspecified atom stereocenters. The summed E-state index contributed by atoms with van der Waals surface area (Å²) in [5.41, 5.74) is 0. The molecule has 0 N–H and O–H groups in total. The van der Waals surface area contributed by atoms with Crippen LogP contribution in [0.3, 0.4) is 0 Å². The molecule has 1 aliphatic heterocycles. The molecule has 2 rings (SSSR count). The summed E-state index contributed by atoms with van der Waals surface area (Å²) in [4.78, 5) is 14.1. The summed E-state index contributed by atoms with van der Waals surface area (Å²) in [6, 6.07) is 0.256. The quantitative estimate of drug-likeness (QED) is 0.810. The van der Waals surface area contributed by atoms with E-state index in [-0.39, 0.29) is 17.4 Å². The fraction of sp³-hybridized carbons (Fsp3) is 0.727. The van der Waals surface area contributed by atoms with Crippen LogP contribution in [0.25, 0.3) is 0 Å². The van der Waals surface area contributed by atoms with Gasteiger partial charge in [-0.1, -0.05) is 0 Å². The van der Waals surface area contributed by atoms with Crippen molar-refractivity contribution in [3.63, 3.8) is 0 Å². The van der Waals surface area contributed by atoms with E-state index in [1.165, 1.54) is 0 Å². The molecular formula is C11H17ClN4O2. The summed E-state index contributed by atoms with van der Waals surface area (Å²) >= 11 is 5.85. The van der Waals surface area contributed by atoms with E-state index >= 15 is 0 Å². The fourth-order valence-corrected chi connectivity index (χ4v) is 2.01. The van der Waals surface area contributed by atoms with Crippen molar-refractivity contribution < 1.29 is 9.47 Å². The second-order valence-corrected chi connectivity index (χ2v) is 4.47. The molecule has 1 aromatic heterocycles. The van der Waals surface area contributed by atoms with Crippen molar-refractivity contribution in [3.05, 3.63) is 5.28 Å². The van der Waals surface area contributed by atoms with Gasteiger partial charge in [0.25, 0.3) is 0 Å². The number of anilines is 1. The standard InChI is InChI=1S/C11H17ClN4O2/c1-3-17-11-14-9(12)13-10(15-11)16(2)7-8-5-4-6-18-8/h8H,3-7H2,1-2H3. The molecule has 0 spiro atoms. The van der Waals surface area contributed by atoms with E-state index in [1.807, 2.05) is 18.9 Å². The zero-order valence-electron chi connectivity index (χ0n) is 10.6. The van der Waals surface area contributed by atoms with Crippen molar-refractivity contribution in [2.24, 2.45) is 0 Å². The Morgan fingerprint density at radius 1 is 1.44 bits per heavy atom. The van der Waals surface area contributed by atoms with Gasteiger partial charge in [-0.3, -0.25) is 0 Å². The molecule has 0 bridgehead atoms. The van der Waals surface area contributed by atoms with Crippen molar-refractivity contribution in [1.82, 2.24) is 15.0 Å². The van der Waals surface area contributed by atoms with Crippen molar-refractivity contribution in [2.75, 3.05) is 31.7 Å². The smallest absolute Gasteiger partial charge is 0.322 e. The van der Waals surface area contributed by atoms with Gasteiger partial charge in [0, 0.05) is 20.2 Å². The van der Waals surface area contributed by atoms with Crippen LogP contribution in [0.2, 0.25) is 5.28 Å². The molecule has 18 heavy (non-hydrogen) atoms. The van der Waals surface area contributed by atoms with Crippen LogP contribution >= 0.6 is 11.6 Å². The molecule has 0 amide bonds. The first-order valence-electron chi connectivity index (χ1n) is 6.06. The van der Waals surface area contributed by atoms with Gasteiger partial charge in [0.05, 0.1) is 12.7 Å². The van der Waals surface area contributed by atoms with Gasteiger partial charge in [0.2, 0.25) is 11.2 Å². The maximum Gasteiger partial charge on any atom is 0.322 e. The highest BCUT2D eigenvalue weighted by Gasteiger charge is 2.19. The van der Waals surface area contributed by atoms with E-state index < -0.39 is 0 Å². The van der Waals surface area contributed by atoms with E-state index in [0.29, 0.717) is 12.6 Å². The lowest BCUT2D eigenvalue weighted by atomic mass is 10.2. The van der Waals surface area contributed by atoms with Crippen LogP contribution in [0.15, 0.2) is 0 Å². The minimum Gasteiger partial charge on any atom is -0.464 e. The van der Waals surface area contributed by atoms with E-state index in [4.69, 9.17) is 21.1 Å². The fourth-order valence-electron chi connectivity index (χ4n) is 1.86. The number of nitrogens with zero attached hydrogens (tertiary/aromatic N) is 4. The maximum atomic E-state index is 5.85. The summed E-state index contributed by atoms with van der Waals surface area (Å²) in [7, 11) is 1.91. The van der Waals surface area contributed by atoms with Crippen LogP contribution < -0.4 is 9.64 Å². The van der Waals surface area contributed by atoms with Gasteiger partial charge in [-0.15, -0.1) is 0 Å². The Morgan fingerprint density at radius 2 is 2.28 bits per heavy atom. The minimum atomic E-state index is 0.141. The molecule has 0 aliphatic carbocycles. The number of ether oxygens (including phenoxy) is 2. The van der Waals surface area contributed by atoms with Gasteiger partial charge < -0.3 is 14.4 Å². The first-order chi connectivity index (χ1) is 8.69. The number of halogens is 1. The average Bonchev–Trinajstić information content (AvgIpc) is 2.81. The number of rotatable bonds is 5. The van der Waals surface area contributed by atoms with Crippen LogP contribution in [0.1, 0.15) is 19.8 Å². The molecule has 1 aliphatic rings. The average molecular weight is 273 g/mol.